The van der Waals surface area contributed by atoms with Crippen LogP contribution in [0.25, 0.3) is 11.0 Å². The summed E-state index contributed by atoms with van der Waals surface area (Å²) in [7, 11) is 0. The summed E-state index contributed by atoms with van der Waals surface area (Å²) in [4.78, 5) is 31.8. The monoisotopic (exact) mass is 364 g/mol. The lowest BCUT2D eigenvalue weighted by Gasteiger charge is -2.10. The molecule has 0 bridgehead atoms. The SMILES string of the molecule is O=C(O)c1ccc2c(c1)nc(CCNC(=O)C1CC1)n2Cc1ccncc1. The highest BCUT2D eigenvalue weighted by Crippen LogP contribution is 2.28. The van der Waals surface area contributed by atoms with Crippen molar-refractivity contribution in [1.29, 1.82) is 0 Å². The highest BCUT2D eigenvalue weighted by molar-refractivity contribution is 5.92. The molecule has 0 spiro atoms. The minimum atomic E-state index is -0.973. The Bertz CT molecular complexity index is 993. The zero-order valence-corrected chi connectivity index (χ0v) is 14.8. The number of nitrogens with zero attached hydrogens (tertiary/aromatic N) is 3. The fraction of sp³-hybridized carbons (Fsp3) is 0.300. The number of nitrogens with one attached hydrogen (secondary N) is 1. The molecule has 1 aliphatic carbocycles. The maximum atomic E-state index is 11.9. The summed E-state index contributed by atoms with van der Waals surface area (Å²) in [5, 5.41) is 12.2. The fourth-order valence-electron chi connectivity index (χ4n) is 3.14. The number of carboxylic acid groups (broad SMARTS) is 1. The molecule has 0 radical (unpaired) electrons. The Morgan fingerprint density at radius 2 is 1.96 bits per heavy atom. The normalized spacial score (nSPS) is 13.6. The number of aromatic carboxylic acids is 1. The van der Waals surface area contributed by atoms with Gasteiger partial charge in [-0.05, 0) is 48.7 Å². The lowest BCUT2D eigenvalue weighted by atomic mass is 10.2. The Hall–Kier alpha value is -3.22. The van der Waals surface area contributed by atoms with Gasteiger partial charge in [0.2, 0.25) is 5.91 Å². The molecule has 7 heteroatoms. The summed E-state index contributed by atoms with van der Waals surface area (Å²) in [5.74, 6) is 0.137. The summed E-state index contributed by atoms with van der Waals surface area (Å²) in [6.07, 6.45) is 6.02. The molecule has 2 N–H and O–H groups in total. The molecule has 1 fully saturated rings. The molecular formula is C20H20N4O3. The largest absolute Gasteiger partial charge is 0.478 e. The first-order chi connectivity index (χ1) is 13.1. The minimum Gasteiger partial charge on any atom is -0.478 e. The van der Waals surface area contributed by atoms with Crippen LogP contribution in [0.5, 0.6) is 0 Å². The van der Waals surface area contributed by atoms with Gasteiger partial charge < -0.3 is 15.0 Å². The van der Waals surface area contributed by atoms with E-state index in [2.05, 4.69) is 19.9 Å². The number of pyridine rings is 1. The highest BCUT2D eigenvalue weighted by Gasteiger charge is 2.29. The van der Waals surface area contributed by atoms with Crippen LogP contribution in [0, 0.1) is 5.92 Å². The predicted molar refractivity (Wildman–Crippen MR) is 99.5 cm³/mol. The van der Waals surface area contributed by atoms with E-state index in [0.29, 0.717) is 25.0 Å². The molecule has 3 aromatic rings. The topological polar surface area (TPSA) is 97.1 Å². The van der Waals surface area contributed by atoms with Gasteiger partial charge in [-0.1, -0.05) is 0 Å². The van der Waals surface area contributed by atoms with Crippen molar-refractivity contribution in [3.63, 3.8) is 0 Å². The van der Waals surface area contributed by atoms with Crippen molar-refractivity contribution in [1.82, 2.24) is 19.9 Å². The Morgan fingerprint density at radius 3 is 2.67 bits per heavy atom. The van der Waals surface area contributed by atoms with Crippen molar-refractivity contribution in [3.05, 3.63) is 59.7 Å². The number of carboxylic acids is 1. The summed E-state index contributed by atoms with van der Waals surface area (Å²) in [6, 6.07) is 8.85. The summed E-state index contributed by atoms with van der Waals surface area (Å²) < 4.78 is 2.07. The van der Waals surface area contributed by atoms with Crippen LogP contribution in [0.15, 0.2) is 42.7 Å². The molecule has 7 nitrogen and oxygen atoms in total. The van der Waals surface area contributed by atoms with Gasteiger partial charge in [-0.25, -0.2) is 9.78 Å². The molecule has 27 heavy (non-hydrogen) atoms. The Kier molecular flexibility index (Phi) is 4.58. The number of hydrogen-bond donors (Lipinski definition) is 2. The van der Waals surface area contributed by atoms with Gasteiger partial charge in [0.15, 0.2) is 0 Å². The number of hydrogen-bond acceptors (Lipinski definition) is 4. The number of amides is 1. The van der Waals surface area contributed by atoms with E-state index in [9.17, 15) is 14.7 Å². The van der Waals surface area contributed by atoms with Crippen LogP contribution in [-0.4, -0.2) is 38.1 Å². The first kappa shape index (κ1) is 17.2. The van der Waals surface area contributed by atoms with Gasteiger partial charge >= 0.3 is 5.97 Å². The molecule has 4 rings (SSSR count). The second-order valence-corrected chi connectivity index (χ2v) is 6.79. The predicted octanol–water partition coefficient (Wildman–Crippen LogP) is 2.25. The van der Waals surface area contributed by atoms with Gasteiger partial charge in [-0.3, -0.25) is 9.78 Å². The Balaban J connectivity index is 1.62. The van der Waals surface area contributed by atoms with Crippen LogP contribution < -0.4 is 5.32 Å². The molecule has 138 valence electrons. The van der Waals surface area contributed by atoms with Crippen molar-refractivity contribution in [2.45, 2.75) is 25.8 Å². The maximum absolute atomic E-state index is 11.9. The Labute approximate surface area is 156 Å². The van der Waals surface area contributed by atoms with Crippen LogP contribution in [0.3, 0.4) is 0 Å². The van der Waals surface area contributed by atoms with Crippen LogP contribution >= 0.6 is 0 Å². The molecule has 1 saturated carbocycles. The van der Waals surface area contributed by atoms with Gasteiger partial charge in [-0.15, -0.1) is 0 Å². The first-order valence-corrected chi connectivity index (χ1v) is 9.01. The molecular weight excluding hydrogens is 344 g/mol. The van der Waals surface area contributed by atoms with Crippen molar-refractivity contribution in [2.24, 2.45) is 5.92 Å². The lowest BCUT2D eigenvalue weighted by Crippen LogP contribution is -2.27. The number of rotatable bonds is 7. The van der Waals surface area contributed by atoms with Crippen LogP contribution in [0.2, 0.25) is 0 Å². The van der Waals surface area contributed by atoms with E-state index in [1.165, 1.54) is 0 Å². The van der Waals surface area contributed by atoms with Crippen molar-refractivity contribution < 1.29 is 14.7 Å². The number of imidazole rings is 1. The summed E-state index contributed by atoms with van der Waals surface area (Å²) in [6.45, 7) is 1.12. The number of carbonyl (C=O) groups excluding carboxylic acids is 1. The van der Waals surface area contributed by atoms with Gasteiger partial charge in [-0.2, -0.15) is 0 Å². The van der Waals surface area contributed by atoms with Gasteiger partial charge in [0, 0.05) is 37.8 Å². The standard InChI is InChI=1S/C20H20N4O3/c25-19(14-1-2-14)22-10-7-18-23-16-11-15(20(26)27)3-4-17(16)24(18)12-13-5-8-21-9-6-13/h3-6,8-9,11,14H,1-2,7,10,12H2,(H,22,25)(H,26,27). The molecule has 0 atom stereocenters. The molecule has 0 aliphatic heterocycles. The fourth-order valence-corrected chi connectivity index (χ4v) is 3.14. The third kappa shape index (κ3) is 3.81. The van der Waals surface area contributed by atoms with E-state index < -0.39 is 5.97 Å². The highest BCUT2D eigenvalue weighted by atomic mass is 16.4. The average molecular weight is 364 g/mol. The van der Waals surface area contributed by atoms with Gasteiger partial charge in [0.05, 0.1) is 16.6 Å². The van der Waals surface area contributed by atoms with Crippen LogP contribution in [0.4, 0.5) is 0 Å². The Morgan fingerprint density at radius 1 is 1.19 bits per heavy atom. The van der Waals surface area contributed by atoms with Crippen LogP contribution in [0.1, 0.15) is 34.6 Å². The zero-order valence-electron chi connectivity index (χ0n) is 14.8. The van der Waals surface area contributed by atoms with Gasteiger partial charge in [0.25, 0.3) is 0 Å². The van der Waals surface area contributed by atoms with E-state index in [1.807, 2.05) is 12.1 Å². The molecule has 0 saturated heterocycles. The third-order valence-corrected chi connectivity index (χ3v) is 4.76. The van der Waals surface area contributed by atoms with E-state index in [1.54, 1.807) is 30.6 Å². The van der Waals surface area contributed by atoms with E-state index in [4.69, 9.17) is 0 Å². The number of aromatic nitrogens is 3. The molecule has 2 aromatic heterocycles. The lowest BCUT2D eigenvalue weighted by molar-refractivity contribution is -0.122. The smallest absolute Gasteiger partial charge is 0.335 e. The quantitative estimate of drug-likeness (QED) is 0.670. The number of carbonyl (C=O) groups is 2. The van der Waals surface area contributed by atoms with Crippen molar-refractivity contribution in [2.75, 3.05) is 6.54 Å². The number of benzene rings is 1. The average Bonchev–Trinajstić information content (AvgIpc) is 3.47. The second-order valence-electron chi connectivity index (χ2n) is 6.79. The molecule has 1 amide bonds. The third-order valence-electron chi connectivity index (χ3n) is 4.76. The van der Waals surface area contributed by atoms with E-state index in [0.717, 1.165) is 29.7 Å². The van der Waals surface area contributed by atoms with E-state index in [-0.39, 0.29) is 17.4 Å². The van der Waals surface area contributed by atoms with Crippen molar-refractivity contribution >= 4 is 22.9 Å². The molecule has 2 heterocycles. The molecule has 1 aromatic carbocycles. The summed E-state index contributed by atoms with van der Waals surface area (Å²) >= 11 is 0. The second kappa shape index (κ2) is 7.19. The minimum absolute atomic E-state index is 0.111. The zero-order chi connectivity index (χ0) is 18.8. The van der Waals surface area contributed by atoms with E-state index >= 15 is 0 Å². The van der Waals surface area contributed by atoms with Gasteiger partial charge in [0.1, 0.15) is 5.82 Å². The summed E-state index contributed by atoms with van der Waals surface area (Å²) in [5.41, 5.74) is 2.81. The molecule has 0 unspecified atom stereocenters. The first-order valence-electron chi connectivity index (χ1n) is 9.01. The molecule has 1 aliphatic rings. The van der Waals surface area contributed by atoms with Crippen LogP contribution in [-0.2, 0) is 17.8 Å². The van der Waals surface area contributed by atoms with Crippen molar-refractivity contribution in [3.8, 4) is 0 Å². The maximum Gasteiger partial charge on any atom is 0.335 e. The number of fused-ring (bicyclic) bond motifs is 1.